The van der Waals surface area contributed by atoms with E-state index >= 15 is 0 Å². The molecule has 0 spiro atoms. The third-order valence-electron chi connectivity index (χ3n) is 4.17. The fourth-order valence-corrected chi connectivity index (χ4v) is 4.88. The zero-order valence-corrected chi connectivity index (χ0v) is 17.7. The molecule has 1 aromatic heterocycles. The third kappa shape index (κ3) is 4.60. The minimum Gasteiger partial charge on any atom is -0.497 e. The number of carbonyl (C=O) groups excluding carboxylic acids is 1. The first-order valence-corrected chi connectivity index (χ1v) is 11.0. The van der Waals surface area contributed by atoms with Crippen LogP contribution >= 0.6 is 11.3 Å². The molecule has 0 fully saturated rings. The maximum atomic E-state index is 12.4. The second kappa shape index (κ2) is 8.66. The highest BCUT2D eigenvalue weighted by Crippen LogP contribution is 2.38. The largest absolute Gasteiger partial charge is 0.497 e. The number of rotatable bonds is 8. The van der Waals surface area contributed by atoms with E-state index in [1.165, 1.54) is 37.7 Å². The number of hydrogen-bond acceptors (Lipinski definition) is 8. The van der Waals surface area contributed by atoms with Gasteiger partial charge in [-0.3, -0.25) is 4.79 Å². The van der Waals surface area contributed by atoms with Crippen molar-refractivity contribution in [1.29, 1.82) is 0 Å². The SMILES string of the molecule is COc1ccc(S(=O)(=O)CCC(=O)Nc2nc3c(OC)ccc(OC)c3s2)cc1. The van der Waals surface area contributed by atoms with Crippen LogP contribution in [0.2, 0.25) is 0 Å². The van der Waals surface area contributed by atoms with Gasteiger partial charge in [-0.05, 0) is 36.4 Å². The van der Waals surface area contributed by atoms with Gasteiger partial charge < -0.3 is 19.5 Å². The summed E-state index contributed by atoms with van der Waals surface area (Å²) >= 11 is 1.23. The molecular weight excluding hydrogens is 416 g/mol. The summed E-state index contributed by atoms with van der Waals surface area (Å²) in [5.74, 6) is 0.964. The number of amides is 1. The van der Waals surface area contributed by atoms with Crippen molar-refractivity contribution < 1.29 is 27.4 Å². The van der Waals surface area contributed by atoms with E-state index in [2.05, 4.69) is 10.3 Å². The van der Waals surface area contributed by atoms with Gasteiger partial charge in [0.25, 0.3) is 0 Å². The maximum absolute atomic E-state index is 12.4. The van der Waals surface area contributed by atoms with Crippen molar-refractivity contribution in [3.8, 4) is 17.2 Å². The molecule has 8 nitrogen and oxygen atoms in total. The molecule has 29 heavy (non-hydrogen) atoms. The Labute approximate surface area is 172 Å². The summed E-state index contributed by atoms with van der Waals surface area (Å²) in [6.07, 6.45) is -0.196. The van der Waals surface area contributed by atoms with Crippen molar-refractivity contribution in [3.05, 3.63) is 36.4 Å². The number of sulfone groups is 1. The highest BCUT2D eigenvalue weighted by atomic mass is 32.2. The molecule has 0 bridgehead atoms. The number of nitrogens with one attached hydrogen (secondary N) is 1. The van der Waals surface area contributed by atoms with Gasteiger partial charge in [-0.1, -0.05) is 11.3 Å². The molecule has 0 aliphatic carbocycles. The lowest BCUT2D eigenvalue weighted by atomic mass is 10.3. The summed E-state index contributed by atoms with van der Waals surface area (Å²) in [6, 6.07) is 9.53. The van der Waals surface area contributed by atoms with Gasteiger partial charge in [0.15, 0.2) is 15.0 Å². The minimum absolute atomic E-state index is 0.139. The lowest BCUT2D eigenvalue weighted by Gasteiger charge is -2.06. The molecule has 0 radical (unpaired) electrons. The Balaban J connectivity index is 1.70. The first kappa shape index (κ1) is 20.9. The summed E-state index contributed by atoms with van der Waals surface area (Å²) in [4.78, 5) is 16.8. The second-order valence-electron chi connectivity index (χ2n) is 5.96. The highest BCUT2D eigenvalue weighted by molar-refractivity contribution is 7.91. The van der Waals surface area contributed by atoms with Gasteiger partial charge in [0, 0.05) is 6.42 Å². The molecule has 1 amide bonds. The predicted octanol–water partition coefficient (Wildman–Crippen LogP) is 3.12. The number of nitrogens with zero attached hydrogens (tertiary/aromatic N) is 1. The van der Waals surface area contributed by atoms with Crippen molar-refractivity contribution in [2.45, 2.75) is 11.3 Å². The van der Waals surface area contributed by atoms with Crippen LogP contribution in [0, 0.1) is 0 Å². The van der Waals surface area contributed by atoms with Crippen molar-refractivity contribution >= 4 is 42.4 Å². The molecule has 0 aliphatic rings. The minimum atomic E-state index is -3.59. The third-order valence-corrected chi connectivity index (χ3v) is 6.89. The molecule has 0 unspecified atom stereocenters. The van der Waals surface area contributed by atoms with E-state index in [9.17, 15) is 13.2 Å². The first-order valence-electron chi connectivity index (χ1n) is 8.56. The molecule has 154 valence electrons. The standard InChI is InChI=1S/C19H20N2O6S2/c1-25-12-4-6-13(7-5-12)29(23,24)11-10-16(22)20-19-21-17-14(26-2)8-9-15(27-3)18(17)28-19/h4-9H,10-11H2,1-3H3,(H,20,21,22). The van der Waals surface area contributed by atoms with Crippen LogP contribution in [0.4, 0.5) is 5.13 Å². The van der Waals surface area contributed by atoms with Crippen LogP contribution in [0.3, 0.4) is 0 Å². The molecule has 10 heteroatoms. The number of benzene rings is 2. The Morgan fingerprint density at radius 1 is 1.00 bits per heavy atom. The van der Waals surface area contributed by atoms with Crippen molar-refractivity contribution in [1.82, 2.24) is 4.98 Å². The Hall–Kier alpha value is -2.85. The summed E-state index contributed by atoms with van der Waals surface area (Å²) in [6.45, 7) is 0. The van der Waals surface area contributed by atoms with Crippen LogP contribution in [0.5, 0.6) is 17.2 Å². The second-order valence-corrected chi connectivity index (χ2v) is 9.07. The van der Waals surface area contributed by atoms with Gasteiger partial charge >= 0.3 is 0 Å². The number of thiazole rings is 1. The molecule has 3 rings (SSSR count). The molecule has 3 aromatic rings. The quantitative estimate of drug-likeness (QED) is 0.578. The zero-order valence-electron chi connectivity index (χ0n) is 16.1. The van der Waals surface area contributed by atoms with Gasteiger partial charge in [-0.2, -0.15) is 0 Å². The van der Waals surface area contributed by atoms with Crippen molar-refractivity contribution in [3.63, 3.8) is 0 Å². The molecule has 0 aliphatic heterocycles. The van der Waals surface area contributed by atoms with Gasteiger partial charge in [0.05, 0.1) is 32.0 Å². The lowest BCUT2D eigenvalue weighted by Crippen LogP contribution is -2.17. The topological polar surface area (TPSA) is 104 Å². The van der Waals surface area contributed by atoms with Gasteiger partial charge in [0.2, 0.25) is 5.91 Å². The normalized spacial score (nSPS) is 11.3. The number of ether oxygens (including phenoxy) is 3. The van der Waals surface area contributed by atoms with Gasteiger partial charge in [-0.15, -0.1) is 0 Å². The average Bonchev–Trinajstić information content (AvgIpc) is 3.15. The zero-order chi connectivity index (χ0) is 21.0. The Kier molecular flexibility index (Phi) is 6.23. The van der Waals surface area contributed by atoms with Gasteiger partial charge in [0.1, 0.15) is 27.5 Å². The van der Waals surface area contributed by atoms with E-state index in [-0.39, 0.29) is 17.1 Å². The van der Waals surface area contributed by atoms with Crippen LogP contribution in [-0.2, 0) is 14.6 Å². The Morgan fingerprint density at radius 3 is 2.28 bits per heavy atom. The van der Waals surface area contributed by atoms with Crippen LogP contribution in [0.1, 0.15) is 6.42 Å². The van der Waals surface area contributed by atoms with Crippen LogP contribution in [0.15, 0.2) is 41.3 Å². The van der Waals surface area contributed by atoms with Crippen LogP contribution < -0.4 is 19.5 Å². The molecule has 0 atom stereocenters. The predicted molar refractivity (Wildman–Crippen MR) is 111 cm³/mol. The fraction of sp³-hybridized carbons (Fsp3) is 0.263. The van der Waals surface area contributed by atoms with E-state index in [0.29, 0.717) is 27.9 Å². The first-order chi connectivity index (χ1) is 13.9. The molecular formula is C19H20N2O6S2. The van der Waals surface area contributed by atoms with E-state index in [1.54, 1.807) is 31.4 Å². The van der Waals surface area contributed by atoms with Crippen LogP contribution in [-0.4, -0.2) is 46.4 Å². The molecule has 0 saturated heterocycles. The summed E-state index contributed by atoms with van der Waals surface area (Å²) < 4.78 is 41.2. The molecule has 1 N–H and O–H groups in total. The van der Waals surface area contributed by atoms with E-state index in [4.69, 9.17) is 14.2 Å². The Bertz CT molecular complexity index is 1080. The molecule has 1 heterocycles. The van der Waals surface area contributed by atoms with E-state index in [0.717, 1.165) is 4.70 Å². The van der Waals surface area contributed by atoms with Gasteiger partial charge in [-0.25, -0.2) is 13.4 Å². The number of hydrogen-bond donors (Lipinski definition) is 1. The van der Waals surface area contributed by atoms with E-state index < -0.39 is 15.7 Å². The lowest BCUT2D eigenvalue weighted by molar-refractivity contribution is -0.115. The van der Waals surface area contributed by atoms with Crippen molar-refractivity contribution in [2.24, 2.45) is 0 Å². The maximum Gasteiger partial charge on any atom is 0.227 e. The smallest absolute Gasteiger partial charge is 0.227 e. The van der Waals surface area contributed by atoms with Crippen molar-refractivity contribution in [2.75, 3.05) is 32.4 Å². The van der Waals surface area contributed by atoms with E-state index in [1.807, 2.05) is 0 Å². The summed E-state index contributed by atoms with van der Waals surface area (Å²) in [5.41, 5.74) is 0.568. The monoisotopic (exact) mass is 436 g/mol. The number of fused-ring (bicyclic) bond motifs is 1. The number of carbonyl (C=O) groups is 1. The highest BCUT2D eigenvalue weighted by Gasteiger charge is 2.19. The summed E-state index contributed by atoms with van der Waals surface area (Å²) in [7, 11) is 0.985. The molecule has 0 saturated carbocycles. The number of aromatic nitrogens is 1. The average molecular weight is 437 g/mol. The fourth-order valence-electron chi connectivity index (χ4n) is 2.65. The number of methoxy groups -OCH3 is 3. The summed E-state index contributed by atoms with van der Waals surface area (Å²) in [5, 5.41) is 2.99. The number of anilines is 1. The molecule has 2 aromatic carbocycles. The Morgan fingerprint density at radius 2 is 1.66 bits per heavy atom. The van der Waals surface area contributed by atoms with Crippen LogP contribution in [0.25, 0.3) is 10.2 Å².